The molecule has 5 heteroatoms. The number of carbonyl (C=O) groups is 1. The van der Waals surface area contributed by atoms with Crippen LogP contribution in [0.1, 0.15) is 36.2 Å². The molecule has 1 amide bonds. The van der Waals surface area contributed by atoms with E-state index in [1.165, 1.54) is 6.42 Å². The zero-order valence-electron chi connectivity index (χ0n) is 13.4. The summed E-state index contributed by atoms with van der Waals surface area (Å²) in [5, 5.41) is 3.91. The fourth-order valence-electron chi connectivity index (χ4n) is 2.78. The SMILES string of the molecule is CN(CCC1CCCCO1)C(=O)c1cc(-c2ccccc2)on1. The van der Waals surface area contributed by atoms with Crippen LogP contribution in [-0.2, 0) is 4.74 Å². The lowest BCUT2D eigenvalue weighted by Crippen LogP contribution is -2.31. The highest BCUT2D eigenvalue weighted by molar-refractivity contribution is 5.92. The molecule has 1 aromatic heterocycles. The molecule has 23 heavy (non-hydrogen) atoms. The molecule has 2 aromatic rings. The molecule has 0 bridgehead atoms. The van der Waals surface area contributed by atoms with Gasteiger partial charge in [-0.05, 0) is 25.7 Å². The zero-order chi connectivity index (χ0) is 16.1. The first-order chi connectivity index (χ1) is 11.2. The molecule has 1 aromatic carbocycles. The molecule has 0 N–H and O–H groups in total. The normalized spacial score (nSPS) is 17.9. The number of rotatable bonds is 5. The standard InChI is InChI=1S/C18H22N2O3/c1-20(11-10-15-9-5-6-12-22-15)18(21)16-13-17(23-19-16)14-7-3-2-4-8-14/h2-4,7-8,13,15H,5-6,9-12H2,1H3. The van der Waals surface area contributed by atoms with Gasteiger partial charge in [-0.15, -0.1) is 0 Å². The fourth-order valence-corrected chi connectivity index (χ4v) is 2.78. The first-order valence-electron chi connectivity index (χ1n) is 8.13. The highest BCUT2D eigenvalue weighted by atomic mass is 16.5. The molecule has 1 aliphatic heterocycles. The number of hydrogen-bond donors (Lipinski definition) is 0. The van der Waals surface area contributed by atoms with Crippen LogP contribution >= 0.6 is 0 Å². The second-order valence-electron chi connectivity index (χ2n) is 5.95. The Hall–Kier alpha value is -2.14. The van der Waals surface area contributed by atoms with Gasteiger partial charge in [0.15, 0.2) is 11.5 Å². The first-order valence-corrected chi connectivity index (χ1v) is 8.13. The average Bonchev–Trinajstić information content (AvgIpc) is 3.11. The number of nitrogens with zero attached hydrogens (tertiary/aromatic N) is 2. The summed E-state index contributed by atoms with van der Waals surface area (Å²) < 4.78 is 11.0. The first kappa shape index (κ1) is 15.7. The van der Waals surface area contributed by atoms with Crippen LogP contribution < -0.4 is 0 Å². The summed E-state index contributed by atoms with van der Waals surface area (Å²) in [6.07, 6.45) is 4.59. The summed E-state index contributed by atoms with van der Waals surface area (Å²) in [6, 6.07) is 11.3. The van der Waals surface area contributed by atoms with Crippen molar-refractivity contribution >= 4 is 5.91 Å². The highest BCUT2D eigenvalue weighted by Gasteiger charge is 2.20. The van der Waals surface area contributed by atoms with E-state index in [-0.39, 0.29) is 12.0 Å². The van der Waals surface area contributed by atoms with Crippen molar-refractivity contribution in [2.75, 3.05) is 20.2 Å². The van der Waals surface area contributed by atoms with Crippen LogP contribution in [0.3, 0.4) is 0 Å². The highest BCUT2D eigenvalue weighted by Crippen LogP contribution is 2.21. The Bertz CT molecular complexity index is 633. The maximum Gasteiger partial charge on any atom is 0.275 e. The second kappa shape index (κ2) is 7.42. The molecule has 0 radical (unpaired) electrons. The van der Waals surface area contributed by atoms with E-state index >= 15 is 0 Å². The zero-order valence-corrected chi connectivity index (χ0v) is 13.4. The van der Waals surface area contributed by atoms with Gasteiger partial charge in [0.1, 0.15) is 0 Å². The summed E-state index contributed by atoms with van der Waals surface area (Å²) in [4.78, 5) is 14.1. The minimum absolute atomic E-state index is 0.119. The smallest absolute Gasteiger partial charge is 0.275 e. The molecule has 1 aliphatic rings. The number of benzene rings is 1. The number of ether oxygens (including phenoxy) is 1. The van der Waals surface area contributed by atoms with E-state index in [1.54, 1.807) is 18.0 Å². The summed E-state index contributed by atoms with van der Waals surface area (Å²) in [5.74, 6) is 0.490. The predicted molar refractivity (Wildman–Crippen MR) is 87.1 cm³/mol. The van der Waals surface area contributed by atoms with Gasteiger partial charge >= 0.3 is 0 Å². The summed E-state index contributed by atoms with van der Waals surface area (Å²) in [7, 11) is 1.79. The van der Waals surface area contributed by atoms with Crippen molar-refractivity contribution in [1.82, 2.24) is 10.1 Å². The van der Waals surface area contributed by atoms with Crippen LogP contribution in [0.5, 0.6) is 0 Å². The Balaban J connectivity index is 1.58. The monoisotopic (exact) mass is 314 g/mol. The Kier molecular flexibility index (Phi) is 5.08. The lowest BCUT2D eigenvalue weighted by atomic mass is 10.1. The minimum atomic E-state index is -0.119. The van der Waals surface area contributed by atoms with E-state index in [0.29, 0.717) is 18.0 Å². The Morgan fingerprint density at radius 2 is 2.13 bits per heavy atom. The van der Waals surface area contributed by atoms with Crippen molar-refractivity contribution in [3.8, 4) is 11.3 Å². The van der Waals surface area contributed by atoms with Crippen molar-refractivity contribution in [1.29, 1.82) is 0 Å². The van der Waals surface area contributed by atoms with E-state index in [4.69, 9.17) is 9.26 Å². The van der Waals surface area contributed by atoms with E-state index in [0.717, 1.165) is 31.4 Å². The van der Waals surface area contributed by atoms with E-state index in [1.807, 2.05) is 30.3 Å². The van der Waals surface area contributed by atoms with Crippen LogP contribution in [0.25, 0.3) is 11.3 Å². The van der Waals surface area contributed by atoms with Gasteiger partial charge in [-0.3, -0.25) is 4.79 Å². The number of hydrogen-bond acceptors (Lipinski definition) is 4. The molecular formula is C18H22N2O3. The molecule has 5 nitrogen and oxygen atoms in total. The molecule has 0 saturated carbocycles. The lowest BCUT2D eigenvalue weighted by Gasteiger charge is -2.24. The third kappa shape index (κ3) is 3.99. The van der Waals surface area contributed by atoms with Gasteiger partial charge in [-0.25, -0.2) is 0 Å². The molecule has 0 aliphatic carbocycles. The predicted octanol–water partition coefficient (Wildman–Crippen LogP) is 3.37. The quantitative estimate of drug-likeness (QED) is 0.849. The molecule has 122 valence electrons. The van der Waals surface area contributed by atoms with Crippen molar-refractivity contribution in [3.63, 3.8) is 0 Å². The largest absolute Gasteiger partial charge is 0.378 e. The second-order valence-corrected chi connectivity index (χ2v) is 5.95. The molecule has 0 spiro atoms. The van der Waals surface area contributed by atoms with Gasteiger partial charge in [-0.1, -0.05) is 35.5 Å². The van der Waals surface area contributed by atoms with Crippen molar-refractivity contribution in [3.05, 3.63) is 42.1 Å². The number of carbonyl (C=O) groups excluding carboxylic acids is 1. The van der Waals surface area contributed by atoms with E-state index in [2.05, 4.69) is 5.16 Å². The maximum absolute atomic E-state index is 12.4. The lowest BCUT2D eigenvalue weighted by molar-refractivity contribution is 0.00703. The molecule has 2 heterocycles. The molecule has 1 unspecified atom stereocenters. The Labute approximate surface area is 136 Å². The molecule has 1 atom stereocenters. The van der Waals surface area contributed by atoms with Gasteiger partial charge in [-0.2, -0.15) is 0 Å². The third-order valence-electron chi connectivity index (χ3n) is 4.19. The topological polar surface area (TPSA) is 55.6 Å². The molecule has 3 rings (SSSR count). The van der Waals surface area contributed by atoms with Crippen LogP contribution in [0, 0.1) is 0 Å². The fraction of sp³-hybridized carbons (Fsp3) is 0.444. The molecule has 1 saturated heterocycles. The Morgan fingerprint density at radius 1 is 1.30 bits per heavy atom. The van der Waals surface area contributed by atoms with Crippen LogP contribution in [0.2, 0.25) is 0 Å². The maximum atomic E-state index is 12.4. The van der Waals surface area contributed by atoms with Crippen molar-refractivity contribution in [2.24, 2.45) is 0 Å². The average molecular weight is 314 g/mol. The van der Waals surface area contributed by atoms with Gasteiger partial charge in [0.25, 0.3) is 5.91 Å². The van der Waals surface area contributed by atoms with Crippen LogP contribution in [0.4, 0.5) is 0 Å². The van der Waals surface area contributed by atoms with Crippen LogP contribution in [-0.4, -0.2) is 42.3 Å². The van der Waals surface area contributed by atoms with Crippen LogP contribution in [0.15, 0.2) is 40.9 Å². The van der Waals surface area contributed by atoms with Crippen molar-refractivity contribution < 1.29 is 14.1 Å². The van der Waals surface area contributed by atoms with Gasteiger partial charge in [0, 0.05) is 31.8 Å². The van der Waals surface area contributed by atoms with Gasteiger partial charge < -0.3 is 14.2 Å². The van der Waals surface area contributed by atoms with Gasteiger partial charge in [0.05, 0.1) is 6.10 Å². The number of amides is 1. The summed E-state index contributed by atoms with van der Waals surface area (Å²) >= 11 is 0. The number of aromatic nitrogens is 1. The van der Waals surface area contributed by atoms with E-state index < -0.39 is 0 Å². The van der Waals surface area contributed by atoms with Crippen molar-refractivity contribution in [2.45, 2.75) is 31.8 Å². The summed E-state index contributed by atoms with van der Waals surface area (Å²) in [5.41, 5.74) is 1.26. The molecular weight excluding hydrogens is 292 g/mol. The summed E-state index contributed by atoms with van der Waals surface area (Å²) in [6.45, 7) is 1.50. The van der Waals surface area contributed by atoms with Gasteiger partial charge in [0.2, 0.25) is 0 Å². The Morgan fingerprint density at radius 3 is 2.87 bits per heavy atom. The third-order valence-corrected chi connectivity index (χ3v) is 4.19. The molecule has 1 fully saturated rings. The minimum Gasteiger partial charge on any atom is -0.378 e. The van der Waals surface area contributed by atoms with E-state index in [9.17, 15) is 4.79 Å².